The van der Waals surface area contributed by atoms with Crippen molar-refractivity contribution in [3.8, 4) is 0 Å². The smallest absolute Gasteiger partial charge is 0.246 e. The minimum absolute atomic E-state index is 0.0318. The predicted octanol–water partition coefficient (Wildman–Crippen LogP) is 1.94. The molecule has 1 aliphatic heterocycles. The van der Waals surface area contributed by atoms with Crippen LogP contribution in [-0.2, 0) is 9.59 Å². The van der Waals surface area contributed by atoms with Crippen LogP contribution in [-0.4, -0.2) is 35.3 Å². The summed E-state index contributed by atoms with van der Waals surface area (Å²) in [7, 11) is 0. The Labute approximate surface area is 110 Å². The number of piperazine rings is 1. The van der Waals surface area contributed by atoms with Gasteiger partial charge in [-0.3, -0.25) is 9.59 Å². The molecule has 4 heteroatoms. The molecular weight excluding hydrogens is 228 g/mol. The molecule has 2 amide bonds. The predicted molar refractivity (Wildman–Crippen MR) is 72.1 cm³/mol. The second-order valence-electron chi connectivity index (χ2n) is 5.60. The van der Waals surface area contributed by atoms with E-state index in [1.165, 1.54) is 12.8 Å². The number of rotatable bonds is 6. The first-order valence-electron chi connectivity index (χ1n) is 7.07. The highest BCUT2D eigenvalue weighted by molar-refractivity contribution is 5.95. The maximum Gasteiger partial charge on any atom is 0.246 e. The van der Waals surface area contributed by atoms with E-state index in [0.29, 0.717) is 0 Å². The first-order chi connectivity index (χ1) is 8.47. The van der Waals surface area contributed by atoms with E-state index < -0.39 is 0 Å². The van der Waals surface area contributed by atoms with Crippen molar-refractivity contribution in [2.75, 3.05) is 6.54 Å². The Morgan fingerprint density at radius 3 is 2.50 bits per heavy atom. The molecule has 0 bridgehead atoms. The highest BCUT2D eigenvalue weighted by atomic mass is 16.2. The molecule has 0 aromatic heterocycles. The van der Waals surface area contributed by atoms with E-state index in [9.17, 15) is 9.59 Å². The average Bonchev–Trinajstić information content (AvgIpc) is 2.31. The van der Waals surface area contributed by atoms with Gasteiger partial charge in [-0.25, -0.2) is 0 Å². The van der Waals surface area contributed by atoms with Crippen LogP contribution >= 0.6 is 0 Å². The van der Waals surface area contributed by atoms with Gasteiger partial charge >= 0.3 is 0 Å². The Balaban J connectivity index is 2.62. The van der Waals surface area contributed by atoms with Crippen LogP contribution < -0.4 is 5.32 Å². The Hall–Kier alpha value is -1.06. The number of amides is 2. The van der Waals surface area contributed by atoms with Crippen molar-refractivity contribution in [2.45, 2.75) is 65.5 Å². The molecule has 1 N–H and O–H groups in total. The summed E-state index contributed by atoms with van der Waals surface area (Å²) in [5, 5.41) is 2.79. The maximum atomic E-state index is 12.3. The van der Waals surface area contributed by atoms with Crippen LogP contribution in [0.1, 0.15) is 53.4 Å². The molecule has 1 heterocycles. The summed E-state index contributed by atoms with van der Waals surface area (Å²) in [6, 6.07) is -0.184. The Morgan fingerprint density at radius 2 is 1.94 bits per heavy atom. The van der Waals surface area contributed by atoms with Gasteiger partial charge in [-0.2, -0.15) is 0 Å². The fourth-order valence-corrected chi connectivity index (χ4v) is 2.36. The summed E-state index contributed by atoms with van der Waals surface area (Å²) in [6.45, 7) is 8.36. The van der Waals surface area contributed by atoms with Gasteiger partial charge in [-0.1, -0.05) is 40.0 Å². The molecule has 0 aromatic carbocycles. The molecule has 0 radical (unpaired) electrons. The van der Waals surface area contributed by atoms with Gasteiger partial charge in [0, 0.05) is 6.04 Å². The molecule has 0 aromatic rings. The van der Waals surface area contributed by atoms with Crippen molar-refractivity contribution in [2.24, 2.45) is 5.92 Å². The van der Waals surface area contributed by atoms with Crippen LogP contribution in [0.5, 0.6) is 0 Å². The van der Waals surface area contributed by atoms with E-state index in [1.807, 2.05) is 20.8 Å². The summed E-state index contributed by atoms with van der Waals surface area (Å²) >= 11 is 0. The lowest BCUT2D eigenvalue weighted by Crippen LogP contribution is -2.61. The van der Waals surface area contributed by atoms with Gasteiger partial charge in [-0.15, -0.1) is 0 Å². The molecule has 1 rings (SSSR count). The molecular formula is C14H26N2O2. The maximum absolute atomic E-state index is 12.3. The zero-order chi connectivity index (χ0) is 13.7. The molecule has 0 saturated carbocycles. The number of nitrogens with one attached hydrogen (secondary N) is 1. The average molecular weight is 254 g/mol. The fraction of sp³-hybridized carbons (Fsp3) is 0.857. The zero-order valence-electron chi connectivity index (χ0n) is 12.0. The highest BCUT2D eigenvalue weighted by Gasteiger charge is 2.36. The summed E-state index contributed by atoms with van der Waals surface area (Å²) < 4.78 is 0. The van der Waals surface area contributed by atoms with Crippen LogP contribution in [0, 0.1) is 5.92 Å². The van der Waals surface area contributed by atoms with Crippen molar-refractivity contribution in [3.63, 3.8) is 0 Å². The Kier molecular flexibility index (Phi) is 5.63. The van der Waals surface area contributed by atoms with Gasteiger partial charge in [0.15, 0.2) is 0 Å². The quantitative estimate of drug-likeness (QED) is 0.736. The lowest BCUT2D eigenvalue weighted by molar-refractivity contribution is -0.147. The first-order valence-corrected chi connectivity index (χ1v) is 7.07. The van der Waals surface area contributed by atoms with E-state index in [1.54, 1.807) is 4.90 Å². The molecule has 18 heavy (non-hydrogen) atoms. The number of nitrogens with zero attached hydrogens (tertiary/aromatic N) is 1. The van der Waals surface area contributed by atoms with E-state index >= 15 is 0 Å². The van der Waals surface area contributed by atoms with Crippen molar-refractivity contribution in [1.29, 1.82) is 0 Å². The summed E-state index contributed by atoms with van der Waals surface area (Å²) in [4.78, 5) is 25.7. The molecule has 0 spiro atoms. The van der Waals surface area contributed by atoms with Crippen molar-refractivity contribution in [3.05, 3.63) is 0 Å². The number of carbonyl (C=O) groups is 2. The lowest BCUT2D eigenvalue weighted by Gasteiger charge is -2.38. The third kappa shape index (κ3) is 3.72. The number of hydrogen-bond acceptors (Lipinski definition) is 2. The number of carbonyl (C=O) groups excluding carboxylic acids is 2. The van der Waals surface area contributed by atoms with Crippen LogP contribution in [0.25, 0.3) is 0 Å². The first kappa shape index (κ1) is 15.0. The van der Waals surface area contributed by atoms with Gasteiger partial charge in [0.25, 0.3) is 0 Å². The minimum Gasteiger partial charge on any atom is -0.343 e. The fourth-order valence-electron chi connectivity index (χ4n) is 2.36. The molecule has 2 unspecified atom stereocenters. The molecule has 2 atom stereocenters. The third-order valence-corrected chi connectivity index (χ3v) is 3.60. The summed E-state index contributed by atoms with van der Waals surface area (Å²) in [5.74, 6) is 0.191. The van der Waals surface area contributed by atoms with Crippen molar-refractivity contribution < 1.29 is 9.59 Å². The van der Waals surface area contributed by atoms with Gasteiger partial charge in [-0.05, 0) is 19.3 Å². The topological polar surface area (TPSA) is 49.4 Å². The molecule has 4 nitrogen and oxygen atoms in total. The van der Waals surface area contributed by atoms with Crippen LogP contribution in [0.2, 0.25) is 0 Å². The standard InChI is InChI=1S/C14H26N2O2/c1-5-6-7-8-11(4)16-9-12(17)15-13(10(2)3)14(16)18/h10-11,13H,5-9H2,1-4H3,(H,15,17). The largest absolute Gasteiger partial charge is 0.343 e. The normalized spacial score (nSPS) is 22.3. The Morgan fingerprint density at radius 1 is 1.28 bits per heavy atom. The molecule has 1 aliphatic rings. The van der Waals surface area contributed by atoms with E-state index in [2.05, 4.69) is 12.2 Å². The van der Waals surface area contributed by atoms with Crippen LogP contribution in [0.4, 0.5) is 0 Å². The number of unbranched alkanes of at least 4 members (excludes halogenated alkanes) is 2. The van der Waals surface area contributed by atoms with Gasteiger partial charge in [0.05, 0.1) is 6.54 Å². The molecule has 104 valence electrons. The Bertz CT molecular complexity index is 302. The lowest BCUT2D eigenvalue weighted by atomic mass is 9.98. The second-order valence-corrected chi connectivity index (χ2v) is 5.60. The SMILES string of the molecule is CCCCCC(C)N1CC(=O)NC(C(C)C)C1=O. The van der Waals surface area contributed by atoms with E-state index in [-0.39, 0.29) is 36.4 Å². The van der Waals surface area contributed by atoms with Gasteiger partial charge < -0.3 is 10.2 Å². The van der Waals surface area contributed by atoms with Crippen LogP contribution in [0.15, 0.2) is 0 Å². The summed E-state index contributed by atoms with van der Waals surface area (Å²) in [5.41, 5.74) is 0. The van der Waals surface area contributed by atoms with E-state index in [4.69, 9.17) is 0 Å². The van der Waals surface area contributed by atoms with Gasteiger partial charge in [0.1, 0.15) is 6.04 Å². The molecule has 1 fully saturated rings. The highest BCUT2D eigenvalue weighted by Crippen LogP contribution is 2.16. The summed E-state index contributed by atoms with van der Waals surface area (Å²) in [6.07, 6.45) is 4.47. The van der Waals surface area contributed by atoms with Gasteiger partial charge in [0.2, 0.25) is 11.8 Å². The number of hydrogen-bond donors (Lipinski definition) is 1. The molecule has 1 saturated heterocycles. The minimum atomic E-state index is -0.347. The monoisotopic (exact) mass is 254 g/mol. The second kappa shape index (κ2) is 6.76. The zero-order valence-corrected chi connectivity index (χ0v) is 12.0. The molecule has 0 aliphatic carbocycles. The van der Waals surface area contributed by atoms with Crippen molar-refractivity contribution >= 4 is 11.8 Å². The van der Waals surface area contributed by atoms with E-state index in [0.717, 1.165) is 12.8 Å². The third-order valence-electron chi connectivity index (χ3n) is 3.60. The van der Waals surface area contributed by atoms with Crippen molar-refractivity contribution in [1.82, 2.24) is 10.2 Å². The van der Waals surface area contributed by atoms with Crippen LogP contribution in [0.3, 0.4) is 0 Å².